The molecule has 0 radical (unpaired) electrons. The molecule has 1 aromatic rings. The smallest absolute Gasteiger partial charge is 0.253 e. The molecule has 1 N–H and O–H groups in total. The first kappa shape index (κ1) is 21.6. The average Bonchev–Trinajstić information content (AvgIpc) is 3.26. The summed E-state index contributed by atoms with van der Waals surface area (Å²) in [7, 11) is 0. The standard InChI is InChI=1S/C21H28ClN3O4/c1-14(2)18(23-19(26)15-6-3-4-7-16(15)22)21(28)25-11-9-24(10-12-25)20(27)17-8-5-13-29-17/h3-4,6-7,14,17-18H,5,8-13H2,1-2H3,(H,23,26). The number of ether oxygens (including phenoxy) is 1. The molecule has 0 aromatic heterocycles. The zero-order chi connectivity index (χ0) is 21.0. The first-order valence-corrected chi connectivity index (χ1v) is 10.5. The highest BCUT2D eigenvalue weighted by molar-refractivity contribution is 6.33. The van der Waals surface area contributed by atoms with E-state index in [-0.39, 0.29) is 29.7 Å². The van der Waals surface area contributed by atoms with Gasteiger partial charge in [0.25, 0.3) is 11.8 Å². The third-order valence-electron chi connectivity index (χ3n) is 5.45. The summed E-state index contributed by atoms with van der Waals surface area (Å²) < 4.78 is 5.48. The van der Waals surface area contributed by atoms with Crippen molar-refractivity contribution in [2.45, 2.75) is 38.8 Å². The lowest BCUT2D eigenvalue weighted by Crippen LogP contribution is -2.58. The van der Waals surface area contributed by atoms with Crippen LogP contribution < -0.4 is 5.32 Å². The van der Waals surface area contributed by atoms with Crippen molar-refractivity contribution in [1.82, 2.24) is 15.1 Å². The van der Waals surface area contributed by atoms with E-state index in [1.807, 2.05) is 13.8 Å². The van der Waals surface area contributed by atoms with Gasteiger partial charge in [-0.15, -0.1) is 0 Å². The van der Waals surface area contributed by atoms with Gasteiger partial charge in [0, 0.05) is 32.8 Å². The maximum absolute atomic E-state index is 13.1. The highest BCUT2D eigenvalue weighted by atomic mass is 35.5. The van der Waals surface area contributed by atoms with Crippen molar-refractivity contribution in [2.24, 2.45) is 5.92 Å². The van der Waals surface area contributed by atoms with Crippen molar-refractivity contribution in [3.05, 3.63) is 34.9 Å². The lowest BCUT2D eigenvalue weighted by atomic mass is 10.0. The molecule has 2 aliphatic rings. The van der Waals surface area contributed by atoms with Crippen LogP contribution in [0.1, 0.15) is 37.0 Å². The minimum Gasteiger partial charge on any atom is -0.368 e. The molecule has 0 spiro atoms. The Balaban J connectivity index is 1.59. The summed E-state index contributed by atoms with van der Waals surface area (Å²) in [5, 5.41) is 3.18. The predicted octanol–water partition coefficient (Wildman–Crippen LogP) is 1.94. The summed E-state index contributed by atoms with van der Waals surface area (Å²) >= 11 is 6.11. The minimum absolute atomic E-state index is 0.0158. The number of carbonyl (C=O) groups excluding carboxylic acids is 3. The van der Waals surface area contributed by atoms with Gasteiger partial charge in [-0.1, -0.05) is 37.6 Å². The van der Waals surface area contributed by atoms with Crippen LogP contribution in [0.5, 0.6) is 0 Å². The Kier molecular flexibility index (Phi) is 7.14. The third kappa shape index (κ3) is 5.08. The van der Waals surface area contributed by atoms with Crippen LogP contribution in [0, 0.1) is 5.92 Å². The Morgan fingerprint density at radius 1 is 1.10 bits per heavy atom. The van der Waals surface area contributed by atoms with Crippen molar-refractivity contribution < 1.29 is 19.1 Å². The molecule has 3 amide bonds. The van der Waals surface area contributed by atoms with Crippen LogP contribution in [0.4, 0.5) is 0 Å². The molecular formula is C21H28ClN3O4. The Labute approximate surface area is 176 Å². The fourth-order valence-corrected chi connectivity index (χ4v) is 3.92. The van der Waals surface area contributed by atoms with Gasteiger partial charge in [0.1, 0.15) is 12.1 Å². The van der Waals surface area contributed by atoms with Gasteiger partial charge in [0.05, 0.1) is 10.6 Å². The van der Waals surface area contributed by atoms with E-state index in [1.54, 1.807) is 34.1 Å². The predicted molar refractivity (Wildman–Crippen MR) is 110 cm³/mol. The second-order valence-electron chi connectivity index (χ2n) is 7.83. The van der Waals surface area contributed by atoms with Crippen LogP contribution >= 0.6 is 11.6 Å². The Morgan fingerprint density at radius 2 is 1.76 bits per heavy atom. The fourth-order valence-electron chi connectivity index (χ4n) is 3.70. The number of nitrogens with zero attached hydrogens (tertiary/aromatic N) is 2. The number of benzene rings is 1. The van der Waals surface area contributed by atoms with Gasteiger partial charge in [-0.25, -0.2) is 0 Å². The van der Waals surface area contributed by atoms with Gasteiger partial charge in [0.15, 0.2) is 0 Å². The molecule has 2 fully saturated rings. The average molecular weight is 422 g/mol. The summed E-state index contributed by atoms with van der Waals surface area (Å²) in [4.78, 5) is 41.7. The van der Waals surface area contributed by atoms with Crippen LogP contribution in [0.2, 0.25) is 5.02 Å². The lowest BCUT2D eigenvalue weighted by Gasteiger charge is -2.38. The number of carbonyl (C=O) groups is 3. The van der Waals surface area contributed by atoms with E-state index in [0.29, 0.717) is 43.4 Å². The molecule has 1 aromatic carbocycles. The number of halogens is 1. The molecule has 2 heterocycles. The summed E-state index contributed by atoms with van der Waals surface area (Å²) in [5.74, 6) is -0.568. The molecule has 29 heavy (non-hydrogen) atoms. The van der Waals surface area contributed by atoms with Gasteiger partial charge < -0.3 is 19.9 Å². The summed E-state index contributed by atoms with van der Waals surface area (Å²) in [6.07, 6.45) is 1.34. The van der Waals surface area contributed by atoms with Crippen molar-refractivity contribution in [1.29, 1.82) is 0 Å². The number of hydrogen-bond donors (Lipinski definition) is 1. The van der Waals surface area contributed by atoms with Gasteiger partial charge in [-0.2, -0.15) is 0 Å². The SMILES string of the molecule is CC(C)C(NC(=O)c1ccccc1Cl)C(=O)N1CCN(C(=O)C2CCCO2)CC1. The number of rotatable bonds is 5. The molecule has 0 bridgehead atoms. The summed E-state index contributed by atoms with van der Waals surface area (Å²) in [6, 6.07) is 6.11. The quantitative estimate of drug-likeness (QED) is 0.788. The molecule has 0 saturated carbocycles. The molecule has 0 aliphatic carbocycles. The second kappa shape index (κ2) is 9.59. The van der Waals surface area contributed by atoms with Crippen molar-refractivity contribution >= 4 is 29.3 Å². The van der Waals surface area contributed by atoms with Crippen molar-refractivity contribution in [3.63, 3.8) is 0 Å². The highest BCUT2D eigenvalue weighted by Gasteiger charge is 2.34. The normalized spacial score (nSPS) is 20.6. The van der Waals surface area contributed by atoms with Crippen LogP contribution in [0.15, 0.2) is 24.3 Å². The first-order valence-electron chi connectivity index (χ1n) is 10.1. The van der Waals surface area contributed by atoms with E-state index in [9.17, 15) is 14.4 Å². The maximum Gasteiger partial charge on any atom is 0.253 e. The number of piperazine rings is 1. The molecule has 2 aliphatic heterocycles. The Hall–Kier alpha value is -2.12. The largest absolute Gasteiger partial charge is 0.368 e. The zero-order valence-electron chi connectivity index (χ0n) is 16.9. The number of hydrogen-bond acceptors (Lipinski definition) is 4. The fraction of sp³-hybridized carbons (Fsp3) is 0.571. The summed E-state index contributed by atoms with van der Waals surface area (Å²) in [5.41, 5.74) is 0.347. The van der Waals surface area contributed by atoms with E-state index in [1.165, 1.54) is 0 Å². The van der Waals surface area contributed by atoms with E-state index in [2.05, 4.69) is 5.32 Å². The second-order valence-corrected chi connectivity index (χ2v) is 8.23. The van der Waals surface area contributed by atoms with E-state index in [4.69, 9.17) is 16.3 Å². The molecule has 8 heteroatoms. The van der Waals surface area contributed by atoms with Gasteiger partial charge in [-0.3, -0.25) is 14.4 Å². The molecule has 158 valence electrons. The zero-order valence-corrected chi connectivity index (χ0v) is 17.7. The van der Waals surface area contributed by atoms with Crippen LogP contribution in [0.3, 0.4) is 0 Å². The Morgan fingerprint density at radius 3 is 2.34 bits per heavy atom. The monoisotopic (exact) mass is 421 g/mol. The van der Waals surface area contributed by atoms with E-state index in [0.717, 1.165) is 12.8 Å². The molecule has 7 nitrogen and oxygen atoms in total. The summed E-state index contributed by atoms with van der Waals surface area (Å²) in [6.45, 7) is 6.28. The first-order chi connectivity index (χ1) is 13.9. The van der Waals surface area contributed by atoms with Crippen LogP contribution in [-0.2, 0) is 14.3 Å². The number of nitrogens with one attached hydrogen (secondary N) is 1. The highest BCUT2D eigenvalue weighted by Crippen LogP contribution is 2.18. The molecule has 2 saturated heterocycles. The van der Waals surface area contributed by atoms with Crippen LogP contribution in [-0.4, -0.2) is 72.5 Å². The van der Waals surface area contributed by atoms with Crippen molar-refractivity contribution in [3.8, 4) is 0 Å². The van der Waals surface area contributed by atoms with Gasteiger partial charge >= 0.3 is 0 Å². The molecule has 3 rings (SSSR count). The van der Waals surface area contributed by atoms with Gasteiger partial charge in [0.2, 0.25) is 5.91 Å². The number of amides is 3. The van der Waals surface area contributed by atoms with E-state index >= 15 is 0 Å². The molecule has 2 atom stereocenters. The maximum atomic E-state index is 13.1. The van der Waals surface area contributed by atoms with Crippen LogP contribution in [0.25, 0.3) is 0 Å². The van der Waals surface area contributed by atoms with E-state index < -0.39 is 6.04 Å². The third-order valence-corrected chi connectivity index (χ3v) is 5.78. The molecular weight excluding hydrogens is 394 g/mol. The topological polar surface area (TPSA) is 79.0 Å². The van der Waals surface area contributed by atoms with Crippen molar-refractivity contribution in [2.75, 3.05) is 32.8 Å². The van der Waals surface area contributed by atoms with Gasteiger partial charge in [-0.05, 0) is 30.9 Å². The lowest BCUT2D eigenvalue weighted by molar-refractivity contribution is -0.146. The molecule has 2 unspecified atom stereocenters. The Bertz CT molecular complexity index is 756. The minimum atomic E-state index is -0.654.